The van der Waals surface area contributed by atoms with Crippen molar-refractivity contribution in [2.45, 2.75) is 52.6 Å². The first-order valence-electron chi connectivity index (χ1n) is 7.10. The number of ether oxygens (including phenoxy) is 2. The van der Waals surface area contributed by atoms with Crippen LogP contribution in [0.1, 0.15) is 34.6 Å². The van der Waals surface area contributed by atoms with Crippen LogP contribution in [0.4, 0.5) is 0 Å². The normalized spacial score (nSPS) is 25.0. The lowest BCUT2D eigenvalue weighted by Gasteiger charge is -2.45. The Morgan fingerprint density at radius 3 is 2.52 bits per heavy atom. The molecule has 1 unspecified atom stereocenters. The second kappa shape index (κ2) is 6.98. The summed E-state index contributed by atoms with van der Waals surface area (Å²) in [5.41, 5.74) is -0.457. The van der Waals surface area contributed by atoms with E-state index in [1.807, 2.05) is 13.8 Å². The van der Waals surface area contributed by atoms with Crippen molar-refractivity contribution in [3.8, 4) is 0 Å². The van der Waals surface area contributed by atoms with Gasteiger partial charge >= 0.3 is 0 Å². The van der Waals surface area contributed by atoms with Crippen molar-refractivity contribution in [2.75, 3.05) is 18.9 Å². The highest BCUT2D eigenvalue weighted by Crippen LogP contribution is 2.34. The Morgan fingerprint density at radius 2 is 1.95 bits per heavy atom. The number of thiol groups is 1. The number of amides is 2. The predicted molar refractivity (Wildman–Crippen MR) is 83.2 cm³/mol. The van der Waals surface area contributed by atoms with Gasteiger partial charge in [0.15, 0.2) is 5.79 Å². The van der Waals surface area contributed by atoms with Crippen molar-refractivity contribution in [1.82, 2.24) is 10.6 Å². The molecule has 1 fully saturated rings. The van der Waals surface area contributed by atoms with Gasteiger partial charge in [0.1, 0.15) is 12.1 Å². The van der Waals surface area contributed by atoms with Gasteiger partial charge in [0, 0.05) is 17.7 Å². The zero-order chi connectivity index (χ0) is 16.3. The van der Waals surface area contributed by atoms with Crippen LogP contribution in [0.5, 0.6) is 0 Å². The second-order valence-corrected chi connectivity index (χ2v) is 6.87. The maximum absolute atomic E-state index is 12.4. The Labute approximate surface area is 131 Å². The summed E-state index contributed by atoms with van der Waals surface area (Å²) in [6, 6.07) is -0.622. The summed E-state index contributed by atoms with van der Waals surface area (Å²) in [5, 5.41) is 5.38. The first-order chi connectivity index (χ1) is 9.59. The van der Waals surface area contributed by atoms with Crippen molar-refractivity contribution in [3.05, 3.63) is 0 Å². The fourth-order valence-corrected chi connectivity index (χ4v) is 2.12. The van der Waals surface area contributed by atoms with Gasteiger partial charge in [-0.15, -0.1) is 0 Å². The summed E-state index contributed by atoms with van der Waals surface area (Å²) in [4.78, 5) is 24.2. The third-order valence-corrected chi connectivity index (χ3v) is 3.53. The van der Waals surface area contributed by atoms with E-state index in [1.54, 1.807) is 20.8 Å². The molecule has 2 atom stereocenters. The molecule has 0 bridgehead atoms. The molecule has 21 heavy (non-hydrogen) atoms. The number of carbonyl (C=O) groups is 2. The number of hydrogen-bond donors (Lipinski definition) is 3. The monoisotopic (exact) mass is 318 g/mol. The number of rotatable bonds is 5. The molecule has 1 aliphatic heterocycles. The van der Waals surface area contributed by atoms with Gasteiger partial charge in [-0.1, -0.05) is 13.8 Å². The van der Waals surface area contributed by atoms with Gasteiger partial charge in [0.2, 0.25) is 5.91 Å². The molecule has 1 heterocycles. The van der Waals surface area contributed by atoms with Crippen molar-refractivity contribution in [2.24, 2.45) is 5.41 Å². The van der Waals surface area contributed by atoms with Crippen LogP contribution >= 0.6 is 12.6 Å². The van der Waals surface area contributed by atoms with Crippen LogP contribution in [0.2, 0.25) is 0 Å². The molecule has 1 aliphatic rings. The van der Waals surface area contributed by atoms with Crippen LogP contribution in [0, 0.1) is 5.41 Å². The summed E-state index contributed by atoms with van der Waals surface area (Å²) in [5.74, 6) is -0.794. The van der Waals surface area contributed by atoms with Crippen LogP contribution in [-0.4, -0.2) is 48.7 Å². The minimum absolute atomic E-state index is 0.235. The van der Waals surface area contributed by atoms with E-state index in [0.717, 1.165) is 0 Å². The molecule has 0 spiro atoms. The van der Waals surface area contributed by atoms with Crippen LogP contribution in [-0.2, 0) is 19.1 Å². The third-order valence-electron chi connectivity index (χ3n) is 3.30. The van der Waals surface area contributed by atoms with Crippen LogP contribution in [0.3, 0.4) is 0 Å². The lowest BCUT2D eigenvalue weighted by atomic mass is 9.85. The van der Waals surface area contributed by atoms with Crippen molar-refractivity contribution in [3.63, 3.8) is 0 Å². The molecule has 2 amide bonds. The Hall–Kier alpha value is -0.790. The molecule has 1 rings (SSSR count). The van der Waals surface area contributed by atoms with Crippen molar-refractivity contribution < 1.29 is 19.1 Å². The van der Waals surface area contributed by atoms with E-state index in [0.29, 0.717) is 18.9 Å². The van der Waals surface area contributed by atoms with Gasteiger partial charge < -0.3 is 20.1 Å². The van der Waals surface area contributed by atoms with Gasteiger partial charge in [-0.25, -0.2) is 0 Å². The highest BCUT2D eigenvalue weighted by atomic mass is 32.1. The summed E-state index contributed by atoms with van der Waals surface area (Å²) in [6.07, 6.45) is -0.665. The second-order valence-electron chi connectivity index (χ2n) is 6.42. The summed E-state index contributed by atoms with van der Waals surface area (Å²) < 4.78 is 11.3. The summed E-state index contributed by atoms with van der Waals surface area (Å²) >= 11 is 4.02. The molecule has 0 radical (unpaired) electrons. The zero-order valence-electron chi connectivity index (χ0n) is 13.4. The molecule has 0 aliphatic carbocycles. The van der Waals surface area contributed by atoms with Crippen molar-refractivity contribution in [1.29, 1.82) is 0 Å². The number of carbonyl (C=O) groups excluding carboxylic acids is 2. The molecule has 0 aromatic carbocycles. The molecule has 1 saturated heterocycles. The summed E-state index contributed by atoms with van der Waals surface area (Å²) in [6.45, 7) is 9.86. The molecule has 0 aromatic heterocycles. The standard InChI is InChI=1S/C14H26N2O4S/c1-9(11(17)15-6-7-21)16-12(18)10-13(2,3)8-19-14(4,5)20-10/h9-10,21H,6-8H2,1-5H3,(H,15,17)(H,16,18)/t9?,10-/m0/s1. The topological polar surface area (TPSA) is 76.7 Å². The fraction of sp³-hybridized carbons (Fsp3) is 0.857. The zero-order valence-corrected chi connectivity index (χ0v) is 14.3. The van der Waals surface area contributed by atoms with Gasteiger partial charge in [0.05, 0.1) is 6.61 Å². The maximum atomic E-state index is 12.4. The van der Waals surface area contributed by atoms with E-state index in [1.165, 1.54) is 0 Å². The van der Waals surface area contributed by atoms with Gasteiger partial charge in [-0.2, -0.15) is 12.6 Å². The number of hydrogen-bond acceptors (Lipinski definition) is 5. The van der Waals surface area contributed by atoms with Crippen molar-refractivity contribution >= 4 is 24.4 Å². The minimum Gasteiger partial charge on any atom is -0.354 e. The van der Waals surface area contributed by atoms with E-state index >= 15 is 0 Å². The molecule has 2 N–H and O–H groups in total. The highest BCUT2D eigenvalue weighted by Gasteiger charge is 2.46. The Bertz CT molecular complexity index is 398. The number of nitrogens with one attached hydrogen (secondary N) is 2. The average Bonchev–Trinajstić information content (AvgIpc) is 2.38. The first-order valence-corrected chi connectivity index (χ1v) is 7.73. The fourth-order valence-electron chi connectivity index (χ4n) is 2.01. The molecule has 122 valence electrons. The molecule has 6 nitrogen and oxygen atoms in total. The largest absolute Gasteiger partial charge is 0.354 e. The third kappa shape index (κ3) is 5.16. The van der Waals surface area contributed by atoms with E-state index in [-0.39, 0.29) is 11.8 Å². The van der Waals surface area contributed by atoms with E-state index in [2.05, 4.69) is 23.3 Å². The van der Waals surface area contributed by atoms with E-state index in [4.69, 9.17) is 9.47 Å². The highest BCUT2D eigenvalue weighted by molar-refractivity contribution is 7.80. The van der Waals surface area contributed by atoms with Crippen LogP contribution < -0.4 is 10.6 Å². The smallest absolute Gasteiger partial charge is 0.250 e. The minimum atomic E-state index is -0.810. The van der Waals surface area contributed by atoms with Crippen LogP contribution in [0.15, 0.2) is 0 Å². The summed E-state index contributed by atoms with van der Waals surface area (Å²) in [7, 11) is 0. The molecule has 7 heteroatoms. The van der Waals surface area contributed by atoms with Gasteiger partial charge in [-0.05, 0) is 20.8 Å². The van der Waals surface area contributed by atoms with E-state index < -0.39 is 23.3 Å². The molecule has 0 aromatic rings. The van der Waals surface area contributed by atoms with Crippen LogP contribution in [0.25, 0.3) is 0 Å². The van der Waals surface area contributed by atoms with E-state index in [9.17, 15) is 9.59 Å². The Kier molecular flexibility index (Phi) is 6.07. The van der Waals surface area contributed by atoms with Gasteiger partial charge in [0.25, 0.3) is 5.91 Å². The lowest BCUT2D eigenvalue weighted by Crippen LogP contribution is -2.58. The SMILES string of the molecule is CC(NC(=O)[C@@H]1OC(C)(C)OCC1(C)C)C(=O)NCCS. The first kappa shape index (κ1) is 18.3. The lowest BCUT2D eigenvalue weighted by molar-refractivity contribution is -0.304. The molecular formula is C14H26N2O4S. The molecule has 0 saturated carbocycles. The average molecular weight is 318 g/mol. The maximum Gasteiger partial charge on any atom is 0.250 e. The van der Waals surface area contributed by atoms with Gasteiger partial charge in [-0.3, -0.25) is 9.59 Å². The Morgan fingerprint density at radius 1 is 1.33 bits per heavy atom. The quantitative estimate of drug-likeness (QED) is 0.653. The molecular weight excluding hydrogens is 292 g/mol. The predicted octanol–water partition coefficient (Wildman–Crippen LogP) is 0.715. The Balaban J connectivity index is 2.66.